The van der Waals surface area contributed by atoms with E-state index in [1.807, 2.05) is 47.2 Å². The van der Waals surface area contributed by atoms with Crippen molar-refractivity contribution in [2.45, 2.75) is 6.54 Å². The van der Waals surface area contributed by atoms with Crippen LogP contribution in [0.15, 0.2) is 90.6 Å². The van der Waals surface area contributed by atoms with E-state index in [0.29, 0.717) is 33.5 Å². The van der Waals surface area contributed by atoms with Crippen LogP contribution in [0.2, 0.25) is 5.02 Å². The quantitative estimate of drug-likeness (QED) is 0.410. The lowest BCUT2D eigenvalue weighted by Crippen LogP contribution is -2.22. The Kier molecular flexibility index (Phi) is 4.81. The molecule has 166 valence electrons. The summed E-state index contributed by atoms with van der Waals surface area (Å²) in [5.41, 5.74) is 2.68. The van der Waals surface area contributed by atoms with Crippen molar-refractivity contribution in [1.29, 1.82) is 0 Å². The number of rotatable bonds is 5. The van der Waals surface area contributed by atoms with Crippen LogP contribution in [-0.4, -0.2) is 33.5 Å². The summed E-state index contributed by atoms with van der Waals surface area (Å²) >= 11 is 6.37. The summed E-state index contributed by atoms with van der Waals surface area (Å²) in [5, 5.41) is 4.01. The molecule has 0 aliphatic heterocycles. The molecule has 0 unspecified atom stereocenters. The lowest BCUT2D eigenvalue weighted by Gasteiger charge is -2.12. The van der Waals surface area contributed by atoms with Gasteiger partial charge >= 0.3 is 0 Å². The van der Waals surface area contributed by atoms with Crippen LogP contribution >= 0.6 is 11.6 Å². The third-order valence-electron chi connectivity index (χ3n) is 5.48. The molecule has 4 heterocycles. The van der Waals surface area contributed by atoms with E-state index in [-0.39, 0.29) is 5.56 Å². The molecule has 0 amide bonds. The van der Waals surface area contributed by atoms with Crippen molar-refractivity contribution in [3.05, 3.63) is 107 Å². The van der Waals surface area contributed by atoms with Crippen molar-refractivity contribution in [1.82, 2.24) is 33.5 Å². The van der Waals surface area contributed by atoms with Gasteiger partial charge in [-0.1, -0.05) is 35.9 Å². The Bertz CT molecular complexity index is 1690. The molecular weight excluding hydrogens is 452 g/mol. The van der Waals surface area contributed by atoms with Gasteiger partial charge in [-0.25, -0.2) is 19.5 Å². The number of hydrogen-bond acceptors (Lipinski definition) is 6. The summed E-state index contributed by atoms with van der Waals surface area (Å²) in [7, 11) is 0. The van der Waals surface area contributed by atoms with Crippen molar-refractivity contribution in [2.75, 3.05) is 5.32 Å². The predicted octanol–water partition coefficient (Wildman–Crippen LogP) is 4.07. The molecule has 6 aromatic rings. The number of halogens is 1. The first-order chi connectivity index (χ1) is 16.7. The molecule has 0 atom stereocenters. The number of para-hydroxylation sites is 1. The van der Waals surface area contributed by atoms with Crippen LogP contribution < -0.4 is 10.9 Å². The van der Waals surface area contributed by atoms with E-state index >= 15 is 0 Å². The Morgan fingerprint density at radius 3 is 2.62 bits per heavy atom. The highest BCUT2D eigenvalue weighted by Gasteiger charge is 2.17. The normalized spacial score (nSPS) is 11.3. The first kappa shape index (κ1) is 20.1. The van der Waals surface area contributed by atoms with Crippen molar-refractivity contribution in [3.8, 4) is 5.69 Å². The van der Waals surface area contributed by atoms with Gasteiger partial charge in [-0.05, 0) is 29.8 Å². The van der Waals surface area contributed by atoms with Crippen molar-refractivity contribution < 1.29 is 0 Å². The molecule has 4 aromatic heterocycles. The highest BCUT2D eigenvalue weighted by atomic mass is 35.5. The van der Waals surface area contributed by atoms with Crippen LogP contribution in [-0.2, 0) is 6.54 Å². The smallest absolute Gasteiger partial charge is 0.270 e. The zero-order chi connectivity index (χ0) is 23.1. The first-order valence-corrected chi connectivity index (χ1v) is 10.9. The molecule has 6 rings (SSSR count). The zero-order valence-electron chi connectivity index (χ0n) is 17.7. The maximum atomic E-state index is 13.4. The Morgan fingerprint density at radius 1 is 0.971 bits per heavy atom. The summed E-state index contributed by atoms with van der Waals surface area (Å²) in [6.45, 7) is 0.739. The zero-order valence-corrected chi connectivity index (χ0v) is 18.5. The van der Waals surface area contributed by atoms with Crippen LogP contribution in [0.1, 0.15) is 5.56 Å². The molecule has 0 bridgehead atoms. The average molecular weight is 469 g/mol. The van der Waals surface area contributed by atoms with E-state index in [4.69, 9.17) is 11.6 Å². The van der Waals surface area contributed by atoms with Gasteiger partial charge in [0.1, 0.15) is 5.39 Å². The van der Waals surface area contributed by atoms with E-state index in [1.54, 1.807) is 41.5 Å². The maximum absolute atomic E-state index is 13.4. The fourth-order valence-corrected chi connectivity index (χ4v) is 4.09. The van der Waals surface area contributed by atoms with Crippen LogP contribution in [0.25, 0.3) is 22.5 Å². The van der Waals surface area contributed by atoms with Crippen molar-refractivity contribution >= 4 is 40.0 Å². The number of aromatic nitrogens is 7. The second-order valence-corrected chi connectivity index (χ2v) is 8.08. The molecular formula is C24H17ClN8O. The fraction of sp³-hybridized carbons (Fsp3) is 0.0417. The molecule has 9 nitrogen and oxygen atoms in total. The van der Waals surface area contributed by atoms with E-state index in [9.17, 15) is 4.79 Å². The van der Waals surface area contributed by atoms with Crippen LogP contribution in [0.4, 0.5) is 11.6 Å². The number of anilines is 2. The molecule has 0 saturated carbocycles. The molecule has 0 saturated heterocycles. The van der Waals surface area contributed by atoms with E-state index in [0.717, 1.165) is 17.8 Å². The van der Waals surface area contributed by atoms with Gasteiger partial charge in [0, 0.05) is 43.2 Å². The summed E-state index contributed by atoms with van der Waals surface area (Å²) in [6, 6.07) is 15.1. The second kappa shape index (κ2) is 8.13. The van der Waals surface area contributed by atoms with Gasteiger partial charge in [0.05, 0.1) is 17.0 Å². The summed E-state index contributed by atoms with van der Waals surface area (Å²) in [6.07, 6.45) is 10.4. The molecule has 2 aromatic carbocycles. The first-order valence-electron chi connectivity index (χ1n) is 10.5. The fourth-order valence-electron chi connectivity index (χ4n) is 3.87. The lowest BCUT2D eigenvalue weighted by molar-refractivity contribution is 0.797. The third-order valence-corrected chi connectivity index (χ3v) is 5.80. The Hall–Kier alpha value is -4.50. The standard InChI is InChI=1S/C24H17ClN8O/c25-19-3-1-2-4-20(19)33-22(34)18-13-28-23(30-21(18)32-12-10-27-24(32)33)29-17-7-5-16(6-8-17)14-31-11-9-26-15-31/h1-13,15H,14H2,(H,28,29,30). The molecule has 0 fully saturated rings. The topological polar surface area (TPSA) is 94.9 Å². The van der Waals surface area contributed by atoms with Gasteiger partial charge in [0.2, 0.25) is 11.7 Å². The number of benzene rings is 2. The number of hydrogen-bond donors (Lipinski definition) is 1. The highest BCUT2D eigenvalue weighted by molar-refractivity contribution is 6.32. The number of imidazole rings is 2. The van der Waals surface area contributed by atoms with E-state index in [1.165, 1.54) is 10.8 Å². The molecule has 0 aliphatic rings. The molecule has 0 radical (unpaired) electrons. The van der Waals surface area contributed by atoms with Gasteiger partial charge in [-0.3, -0.25) is 9.20 Å². The van der Waals surface area contributed by atoms with Crippen LogP contribution in [0.3, 0.4) is 0 Å². The Morgan fingerprint density at radius 2 is 1.82 bits per heavy atom. The van der Waals surface area contributed by atoms with E-state index < -0.39 is 0 Å². The number of nitrogens with zero attached hydrogens (tertiary/aromatic N) is 7. The molecule has 1 N–H and O–H groups in total. The van der Waals surface area contributed by atoms with E-state index in [2.05, 4.69) is 25.3 Å². The minimum Gasteiger partial charge on any atom is -0.333 e. The Labute approximate surface area is 198 Å². The average Bonchev–Trinajstić information content (AvgIpc) is 3.54. The van der Waals surface area contributed by atoms with Gasteiger partial charge in [0.15, 0.2) is 5.65 Å². The number of fused-ring (bicyclic) bond motifs is 3. The number of nitrogens with one attached hydrogen (secondary N) is 1. The lowest BCUT2D eigenvalue weighted by atomic mass is 10.2. The van der Waals surface area contributed by atoms with Gasteiger partial charge in [0.25, 0.3) is 5.56 Å². The highest BCUT2D eigenvalue weighted by Crippen LogP contribution is 2.22. The minimum absolute atomic E-state index is 0.294. The molecule has 0 spiro atoms. The molecule has 0 aliphatic carbocycles. The molecule has 34 heavy (non-hydrogen) atoms. The van der Waals surface area contributed by atoms with Gasteiger partial charge in [-0.15, -0.1) is 0 Å². The van der Waals surface area contributed by atoms with Crippen molar-refractivity contribution in [2.24, 2.45) is 0 Å². The summed E-state index contributed by atoms with van der Waals surface area (Å²) < 4.78 is 5.22. The predicted molar refractivity (Wildman–Crippen MR) is 130 cm³/mol. The second-order valence-electron chi connectivity index (χ2n) is 7.68. The van der Waals surface area contributed by atoms with Crippen LogP contribution in [0, 0.1) is 0 Å². The van der Waals surface area contributed by atoms with Crippen molar-refractivity contribution in [3.63, 3.8) is 0 Å². The maximum Gasteiger partial charge on any atom is 0.270 e. The van der Waals surface area contributed by atoms with Gasteiger partial charge < -0.3 is 9.88 Å². The third kappa shape index (κ3) is 3.48. The van der Waals surface area contributed by atoms with Crippen LogP contribution in [0.5, 0.6) is 0 Å². The Balaban J connectivity index is 1.38. The minimum atomic E-state index is -0.294. The largest absolute Gasteiger partial charge is 0.333 e. The summed E-state index contributed by atoms with van der Waals surface area (Å²) in [4.78, 5) is 30.8. The SMILES string of the molecule is O=c1c2cnc(Nc3ccc(Cn4ccnc4)cc3)nc2n2ccnc2n1-c1ccccc1Cl. The molecule has 10 heteroatoms. The summed E-state index contributed by atoms with van der Waals surface area (Å²) in [5.74, 6) is 0.791. The van der Waals surface area contributed by atoms with Gasteiger partial charge in [-0.2, -0.15) is 4.98 Å². The monoisotopic (exact) mass is 468 g/mol.